The van der Waals surface area contributed by atoms with Gasteiger partial charge in [0, 0.05) is 43.7 Å². The maximum atomic E-state index is 3.57. The van der Waals surface area contributed by atoms with Crippen molar-refractivity contribution in [1.82, 2.24) is 9.55 Å². The summed E-state index contributed by atoms with van der Waals surface area (Å²) < 4.78 is 2.48. The maximum absolute atomic E-state index is 3.57. The molecule has 10 rings (SSSR count). The summed E-state index contributed by atoms with van der Waals surface area (Å²) in [7, 11) is 0. The third kappa shape index (κ3) is 3.53. The van der Waals surface area contributed by atoms with Crippen LogP contribution in [0.1, 0.15) is 36.1 Å². The summed E-state index contributed by atoms with van der Waals surface area (Å²) in [4.78, 5) is 3.57. The van der Waals surface area contributed by atoms with Gasteiger partial charge in [0.05, 0.1) is 11.0 Å². The smallest absolute Gasteiger partial charge is 0.0547 e. The first-order valence-electron chi connectivity index (χ1n) is 16.2. The van der Waals surface area contributed by atoms with E-state index >= 15 is 0 Å². The molecule has 7 aromatic carbocycles. The molecule has 0 unspecified atom stereocenters. The summed E-state index contributed by atoms with van der Waals surface area (Å²) in [6.07, 6.45) is 0.882. The molecule has 46 heavy (non-hydrogen) atoms. The predicted octanol–water partition coefficient (Wildman–Crippen LogP) is 11.5. The summed E-state index contributed by atoms with van der Waals surface area (Å²) in [6.45, 7) is 4.70. The van der Waals surface area contributed by atoms with E-state index in [4.69, 9.17) is 0 Å². The highest BCUT2D eigenvalue weighted by atomic mass is 15.0. The minimum atomic E-state index is -0.00785. The summed E-state index contributed by atoms with van der Waals surface area (Å²) in [5.74, 6) is 0. The number of nitrogens with one attached hydrogen (secondary N) is 1. The molecule has 0 saturated carbocycles. The van der Waals surface area contributed by atoms with Gasteiger partial charge in [-0.25, -0.2) is 0 Å². The molecule has 1 aliphatic rings. The van der Waals surface area contributed by atoms with Crippen LogP contribution in [0.2, 0.25) is 0 Å². The molecule has 0 atom stereocenters. The van der Waals surface area contributed by atoms with Crippen molar-refractivity contribution in [1.29, 1.82) is 0 Å². The molecule has 1 aliphatic carbocycles. The lowest BCUT2D eigenvalue weighted by Gasteiger charge is -2.21. The number of nitrogens with zero attached hydrogens (tertiary/aromatic N) is 1. The van der Waals surface area contributed by atoms with Crippen LogP contribution in [0.5, 0.6) is 0 Å². The Bertz CT molecular complexity index is 2700. The minimum absolute atomic E-state index is 0.00785. The summed E-state index contributed by atoms with van der Waals surface area (Å²) in [5, 5.41) is 7.77. The van der Waals surface area contributed by atoms with E-state index in [9.17, 15) is 0 Å². The van der Waals surface area contributed by atoms with Gasteiger partial charge in [-0.1, -0.05) is 105 Å². The molecule has 2 aromatic heterocycles. The number of hydrogen-bond acceptors (Lipinski definition) is 0. The van der Waals surface area contributed by atoms with E-state index in [0.717, 1.165) is 6.42 Å². The molecular weight excluding hydrogens is 556 g/mol. The lowest BCUT2D eigenvalue weighted by atomic mass is 9.82. The van der Waals surface area contributed by atoms with Gasteiger partial charge in [0.25, 0.3) is 0 Å². The van der Waals surface area contributed by atoms with Crippen molar-refractivity contribution in [3.05, 3.63) is 162 Å². The highest BCUT2D eigenvalue weighted by molar-refractivity contribution is 6.21. The van der Waals surface area contributed by atoms with E-state index in [1.54, 1.807) is 0 Å². The number of fused-ring (bicyclic) bond motifs is 11. The average molecular weight is 589 g/mol. The van der Waals surface area contributed by atoms with Gasteiger partial charge in [-0.2, -0.15) is 0 Å². The first-order chi connectivity index (χ1) is 22.5. The number of aromatic amines is 1. The third-order valence-corrected chi connectivity index (χ3v) is 10.5. The Morgan fingerprint density at radius 2 is 1.22 bits per heavy atom. The van der Waals surface area contributed by atoms with Crippen molar-refractivity contribution in [3.8, 4) is 16.8 Å². The van der Waals surface area contributed by atoms with E-state index in [2.05, 4.69) is 163 Å². The second-order valence-electron chi connectivity index (χ2n) is 13.5. The largest absolute Gasteiger partial charge is 0.355 e. The zero-order valence-electron chi connectivity index (χ0n) is 25.9. The number of hydrogen-bond donors (Lipinski definition) is 1. The SMILES string of the molecule is CC1(C)c2ccccc2-c2cc(-n3c4ccc(Cc5ccc6[nH]c7ccccc7c6c5)cc4c4c5ccccc5ccc43)ccc21. The highest BCUT2D eigenvalue weighted by Crippen LogP contribution is 2.49. The second kappa shape index (κ2) is 9.22. The summed E-state index contributed by atoms with van der Waals surface area (Å²) >= 11 is 0. The Morgan fingerprint density at radius 1 is 0.522 bits per heavy atom. The fourth-order valence-corrected chi connectivity index (χ4v) is 8.31. The van der Waals surface area contributed by atoms with Crippen LogP contribution in [-0.2, 0) is 11.8 Å². The van der Waals surface area contributed by atoms with Crippen molar-refractivity contribution >= 4 is 54.4 Å². The van der Waals surface area contributed by atoms with Crippen LogP contribution >= 0.6 is 0 Å². The second-order valence-corrected chi connectivity index (χ2v) is 13.5. The Hall–Kier alpha value is -5.60. The molecule has 218 valence electrons. The maximum Gasteiger partial charge on any atom is 0.0547 e. The predicted molar refractivity (Wildman–Crippen MR) is 194 cm³/mol. The molecule has 0 bridgehead atoms. The molecule has 2 heteroatoms. The molecule has 0 radical (unpaired) electrons. The Kier molecular flexibility index (Phi) is 5.15. The van der Waals surface area contributed by atoms with Crippen LogP contribution in [0.25, 0.3) is 71.2 Å². The highest BCUT2D eigenvalue weighted by Gasteiger charge is 2.35. The molecule has 0 spiro atoms. The Labute approximate surface area is 267 Å². The van der Waals surface area contributed by atoms with Crippen LogP contribution in [-0.4, -0.2) is 9.55 Å². The summed E-state index contributed by atoms with van der Waals surface area (Å²) in [6, 6.07) is 52.0. The van der Waals surface area contributed by atoms with Crippen molar-refractivity contribution in [2.45, 2.75) is 25.7 Å². The number of para-hydroxylation sites is 1. The van der Waals surface area contributed by atoms with Crippen molar-refractivity contribution in [2.24, 2.45) is 0 Å². The molecule has 0 aliphatic heterocycles. The minimum Gasteiger partial charge on any atom is -0.355 e. The Balaban J connectivity index is 1.18. The lowest BCUT2D eigenvalue weighted by molar-refractivity contribution is 0.660. The van der Waals surface area contributed by atoms with Crippen LogP contribution < -0.4 is 0 Å². The first-order valence-corrected chi connectivity index (χ1v) is 16.2. The normalized spacial score (nSPS) is 13.7. The van der Waals surface area contributed by atoms with E-state index in [1.165, 1.54) is 93.5 Å². The van der Waals surface area contributed by atoms with Gasteiger partial charge in [-0.3, -0.25) is 0 Å². The number of H-pyrrole nitrogens is 1. The molecule has 0 amide bonds. The van der Waals surface area contributed by atoms with Gasteiger partial charge in [-0.05, 0) is 99.1 Å². The fourth-order valence-electron chi connectivity index (χ4n) is 8.31. The lowest BCUT2D eigenvalue weighted by Crippen LogP contribution is -2.14. The monoisotopic (exact) mass is 588 g/mol. The van der Waals surface area contributed by atoms with Gasteiger partial charge < -0.3 is 9.55 Å². The van der Waals surface area contributed by atoms with Crippen molar-refractivity contribution in [2.75, 3.05) is 0 Å². The van der Waals surface area contributed by atoms with Crippen molar-refractivity contribution < 1.29 is 0 Å². The topological polar surface area (TPSA) is 20.7 Å². The summed E-state index contributed by atoms with van der Waals surface area (Å²) in [5.41, 5.74) is 14.2. The zero-order chi connectivity index (χ0) is 30.6. The number of aromatic nitrogens is 2. The molecule has 2 heterocycles. The van der Waals surface area contributed by atoms with Crippen molar-refractivity contribution in [3.63, 3.8) is 0 Å². The van der Waals surface area contributed by atoms with Crippen LogP contribution in [0.15, 0.2) is 140 Å². The first kappa shape index (κ1) is 25.7. The average Bonchev–Trinajstić information content (AvgIpc) is 3.70. The van der Waals surface area contributed by atoms with E-state index in [-0.39, 0.29) is 5.41 Å². The quantitative estimate of drug-likeness (QED) is 0.212. The zero-order valence-corrected chi connectivity index (χ0v) is 25.9. The molecule has 2 nitrogen and oxygen atoms in total. The third-order valence-electron chi connectivity index (χ3n) is 10.5. The van der Waals surface area contributed by atoms with Crippen LogP contribution in [0.3, 0.4) is 0 Å². The van der Waals surface area contributed by atoms with Gasteiger partial charge >= 0.3 is 0 Å². The van der Waals surface area contributed by atoms with E-state index in [0.29, 0.717) is 0 Å². The fraction of sp³-hybridized carbons (Fsp3) is 0.0909. The molecule has 1 N–H and O–H groups in total. The van der Waals surface area contributed by atoms with Gasteiger partial charge in [0.1, 0.15) is 0 Å². The molecule has 9 aromatic rings. The van der Waals surface area contributed by atoms with E-state index < -0.39 is 0 Å². The van der Waals surface area contributed by atoms with Gasteiger partial charge in [0.2, 0.25) is 0 Å². The molecular formula is C44H32N2. The van der Waals surface area contributed by atoms with Gasteiger partial charge in [-0.15, -0.1) is 0 Å². The molecule has 0 saturated heterocycles. The van der Waals surface area contributed by atoms with E-state index in [1.807, 2.05) is 0 Å². The van der Waals surface area contributed by atoms with Gasteiger partial charge in [0.15, 0.2) is 0 Å². The Morgan fingerprint density at radius 3 is 2.13 bits per heavy atom. The van der Waals surface area contributed by atoms with Crippen LogP contribution in [0.4, 0.5) is 0 Å². The standard InChI is InChI=1S/C44H32N2/c1-44(2)37-13-7-5-11-32(37)34-26-30(18-19-38(34)44)46-41-21-16-28(25-36(41)43-31-10-4-3-9-29(31)17-22-42(43)46)23-27-15-20-40-35(24-27)33-12-6-8-14-39(33)45-40/h3-22,24-26,45H,23H2,1-2H3. The number of benzene rings is 7. The van der Waals surface area contributed by atoms with Crippen LogP contribution in [0, 0.1) is 0 Å². The number of rotatable bonds is 3. The molecule has 0 fully saturated rings.